The van der Waals surface area contributed by atoms with Gasteiger partial charge in [0.2, 0.25) is 0 Å². The number of hydrogen-bond donors (Lipinski definition) is 0. The first kappa shape index (κ1) is 19.5. The predicted molar refractivity (Wildman–Crippen MR) is 119 cm³/mol. The zero-order valence-corrected chi connectivity index (χ0v) is 17.3. The molecule has 0 aliphatic carbocycles. The van der Waals surface area contributed by atoms with Crippen molar-refractivity contribution in [2.45, 2.75) is 12.5 Å². The van der Waals surface area contributed by atoms with Gasteiger partial charge in [0.25, 0.3) is 0 Å². The van der Waals surface area contributed by atoms with Gasteiger partial charge in [0, 0.05) is 44.5 Å². The van der Waals surface area contributed by atoms with E-state index in [0.29, 0.717) is 13.1 Å². The lowest BCUT2D eigenvalue weighted by Gasteiger charge is -2.46. The largest absolute Gasteiger partial charge is 0.366 e. The molecule has 1 atom stereocenters. The van der Waals surface area contributed by atoms with E-state index in [1.54, 1.807) is 12.1 Å². The van der Waals surface area contributed by atoms with Crippen molar-refractivity contribution < 1.29 is 9.18 Å². The number of aromatic nitrogens is 1. The third-order valence-corrected chi connectivity index (χ3v) is 6.30. The Kier molecular flexibility index (Phi) is 5.28. The fraction of sp³-hybridized carbons (Fsp3) is 0.280. The highest BCUT2D eigenvalue weighted by molar-refractivity contribution is 5.79. The summed E-state index contributed by atoms with van der Waals surface area (Å²) in [6.07, 6.45) is 4.67. The molecule has 1 aromatic heterocycles. The van der Waals surface area contributed by atoms with E-state index in [0.717, 1.165) is 42.9 Å². The molecule has 31 heavy (non-hydrogen) atoms. The van der Waals surface area contributed by atoms with Gasteiger partial charge in [0.1, 0.15) is 5.82 Å². The van der Waals surface area contributed by atoms with Gasteiger partial charge in [-0.05, 0) is 35.7 Å². The highest BCUT2D eigenvalue weighted by atomic mass is 19.1. The fourth-order valence-electron chi connectivity index (χ4n) is 4.47. The summed E-state index contributed by atoms with van der Waals surface area (Å²) < 4.78 is 13.2. The first-order chi connectivity index (χ1) is 15.2. The average molecular weight is 417 g/mol. The standard InChI is InChI=1S/C25H25FN4O/c26-21-8-6-20(7-9-21)23-11-13-30(23)25(31)29-16-14-28(15-17-29)24-18-27-12-10-22(24)19-4-2-1-3-5-19/h1-10,12,18,23H,11,13-17H2. The molecular weight excluding hydrogens is 391 g/mol. The fourth-order valence-corrected chi connectivity index (χ4v) is 4.47. The number of amides is 2. The summed E-state index contributed by atoms with van der Waals surface area (Å²) in [5.41, 5.74) is 4.44. The molecule has 2 saturated heterocycles. The second-order valence-corrected chi connectivity index (χ2v) is 8.06. The molecule has 158 valence electrons. The van der Waals surface area contributed by atoms with Gasteiger partial charge in [-0.2, -0.15) is 0 Å². The third-order valence-electron chi connectivity index (χ3n) is 6.30. The van der Waals surface area contributed by atoms with Crippen molar-refractivity contribution in [1.29, 1.82) is 0 Å². The van der Waals surface area contributed by atoms with E-state index in [1.165, 1.54) is 17.7 Å². The lowest BCUT2D eigenvalue weighted by Crippen LogP contribution is -2.56. The molecule has 5 rings (SSSR count). The molecular formula is C25H25FN4O. The van der Waals surface area contributed by atoms with Gasteiger partial charge in [-0.15, -0.1) is 0 Å². The van der Waals surface area contributed by atoms with Crippen LogP contribution in [0.5, 0.6) is 0 Å². The molecule has 0 radical (unpaired) electrons. The molecule has 0 spiro atoms. The predicted octanol–water partition coefficient (Wildman–Crippen LogP) is 4.58. The van der Waals surface area contributed by atoms with Crippen LogP contribution in [-0.2, 0) is 0 Å². The number of halogens is 1. The highest BCUT2D eigenvalue weighted by Gasteiger charge is 2.36. The van der Waals surface area contributed by atoms with Crippen LogP contribution in [-0.4, -0.2) is 53.5 Å². The van der Waals surface area contributed by atoms with E-state index >= 15 is 0 Å². The summed E-state index contributed by atoms with van der Waals surface area (Å²) in [6, 6.07) is 19.0. The van der Waals surface area contributed by atoms with Crippen LogP contribution in [0.3, 0.4) is 0 Å². The van der Waals surface area contributed by atoms with Crippen LogP contribution in [0, 0.1) is 5.82 Å². The van der Waals surface area contributed by atoms with E-state index in [4.69, 9.17) is 0 Å². The third kappa shape index (κ3) is 3.85. The second-order valence-electron chi connectivity index (χ2n) is 8.06. The molecule has 2 aliphatic rings. The number of carbonyl (C=O) groups is 1. The van der Waals surface area contributed by atoms with Crippen LogP contribution in [0.1, 0.15) is 18.0 Å². The lowest BCUT2D eigenvalue weighted by atomic mass is 9.95. The van der Waals surface area contributed by atoms with Crippen molar-refractivity contribution in [1.82, 2.24) is 14.8 Å². The van der Waals surface area contributed by atoms with Crippen LogP contribution in [0.4, 0.5) is 14.9 Å². The Bertz CT molecular complexity index is 1050. The maximum absolute atomic E-state index is 13.2. The van der Waals surface area contributed by atoms with Crippen molar-refractivity contribution >= 4 is 11.7 Å². The van der Waals surface area contributed by atoms with E-state index in [-0.39, 0.29) is 17.9 Å². The SMILES string of the molecule is O=C(N1CCN(c2cnccc2-c2ccccc2)CC1)N1CCC1c1ccc(F)cc1. The first-order valence-electron chi connectivity index (χ1n) is 10.8. The molecule has 0 bridgehead atoms. The minimum atomic E-state index is -0.248. The number of rotatable bonds is 3. The molecule has 0 saturated carbocycles. The Morgan fingerprint density at radius 3 is 2.32 bits per heavy atom. The number of nitrogens with zero attached hydrogens (tertiary/aromatic N) is 4. The molecule has 5 nitrogen and oxygen atoms in total. The number of likely N-dealkylation sites (tertiary alicyclic amines) is 1. The van der Waals surface area contributed by atoms with Gasteiger partial charge >= 0.3 is 6.03 Å². The minimum Gasteiger partial charge on any atom is -0.366 e. The lowest BCUT2D eigenvalue weighted by molar-refractivity contribution is 0.0827. The van der Waals surface area contributed by atoms with Gasteiger partial charge in [-0.1, -0.05) is 42.5 Å². The molecule has 2 amide bonds. The van der Waals surface area contributed by atoms with E-state index in [9.17, 15) is 9.18 Å². The number of hydrogen-bond acceptors (Lipinski definition) is 3. The average Bonchev–Trinajstić information content (AvgIpc) is 2.80. The van der Waals surface area contributed by atoms with Crippen LogP contribution >= 0.6 is 0 Å². The summed E-state index contributed by atoms with van der Waals surface area (Å²) in [5.74, 6) is -0.248. The highest BCUT2D eigenvalue weighted by Crippen LogP contribution is 2.35. The number of anilines is 1. The number of urea groups is 1. The van der Waals surface area contributed by atoms with Crippen molar-refractivity contribution in [3.63, 3.8) is 0 Å². The van der Waals surface area contributed by atoms with Crippen molar-refractivity contribution in [2.75, 3.05) is 37.6 Å². The smallest absolute Gasteiger partial charge is 0.320 e. The van der Waals surface area contributed by atoms with Gasteiger partial charge in [0.05, 0.1) is 17.9 Å². The summed E-state index contributed by atoms with van der Waals surface area (Å²) in [5, 5.41) is 0. The molecule has 2 fully saturated rings. The number of benzene rings is 2. The van der Waals surface area contributed by atoms with Gasteiger partial charge in [-0.3, -0.25) is 4.98 Å². The molecule has 6 heteroatoms. The normalized spacial score (nSPS) is 18.6. The maximum atomic E-state index is 13.2. The van der Waals surface area contributed by atoms with Gasteiger partial charge in [0.15, 0.2) is 0 Å². The topological polar surface area (TPSA) is 39.7 Å². The number of pyridine rings is 1. The Morgan fingerprint density at radius 1 is 0.903 bits per heavy atom. The van der Waals surface area contributed by atoms with E-state index < -0.39 is 0 Å². The molecule has 3 heterocycles. The monoisotopic (exact) mass is 416 g/mol. The molecule has 2 aliphatic heterocycles. The number of carbonyl (C=O) groups excluding carboxylic acids is 1. The maximum Gasteiger partial charge on any atom is 0.320 e. The minimum absolute atomic E-state index is 0.0501. The molecule has 2 aromatic carbocycles. The van der Waals surface area contributed by atoms with Crippen LogP contribution in [0.15, 0.2) is 73.1 Å². The summed E-state index contributed by atoms with van der Waals surface area (Å²) in [6.45, 7) is 3.64. The summed E-state index contributed by atoms with van der Waals surface area (Å²) in [4.78, 5) is 23.6. The van der Waals surface area contributed by atoms with Crippen LogP contribution in [0.2, 0.25) is 0 Å². The Hall–Kier alpha value is -3.41. The Labute approximate surface area is 181 Å². The van der Waals surface area contributed by atoms with Gasteiger partial charge in [-0.25, -0.2) is 9.18 Å². The zero-order valence-electron chi connectivity index (χ0n) is 17.3. The summed E-state index contributed by atoms with van der Waals surface area (Å²) >= 11 is 0. The van der Waals surface area contributed by atoms with Crippen LogP contribution in [0.25, 0.3) is 11.1 Å². The molecule has 1 unspecified atom stereocenters. The first-order valence-corrected chi connectivity index (χ1v) is 10.8. The van der Waals surface area contributed by atoms with Crippen molar-refractivity contribution in [3.05, 3.63) is 84.4 Å². The summed E-state index contributed by atoms with van der Waals surface area (Å²) in [7, 11) is 0. The molecule has 0 N–H and O–H groups in total. The number of piperazine rings is 1. The zero-order chi connectivity index (χ0) is 21.2. The van der Waals surface area contributed by atoms with Crippen molar-refractivity contribution in [2.24, 2.45) is 0 Å². The van der Waals surface area contributed by atoms with E-state index in [2.05, 4.69) is 28.1 Å². The quantitative estimate of drug-likeness (QED) is 0.628. The van der Waals surface area contributed by atoms with Gasteiger partial charge < -0.3 is 14.7 Å². The van der Waals surface area contributed by atoms with Crippen LogP contribution < -0.4 is 4.90 Å². The second kappa shape index (κ2) is 8.38. The Balaban J connectivity index is 1.25. The molecule has 3 aromatic rings. The van der Waals surface area contributed by atoms with E-state index in [1.807, 2.05) is 40.4 Å². The van der Waals surface area contributed by atoms with Crippen molar-refractivity contribution in [3.8, 4) is 11.1 Å². The Morgan fingerprint density at radius 2 is 1.65 bits per heavy atom.